The van der Waals surface area contributed by atoms with Crippen LogP contribution in [-0.2, 0) is 4.74 Å². The van der Waals surface area contributed by atoms with E-state index in [-0.39, 0.29) is 5.41 Å². The van der Waals surface area contributed by atoms with E-state index in [0.717, 1.165) is 31.0 Å². The maximum Gasteiger partial charge on any atom is 0.222 e. The highest BCUT2D eigenvalue weighted by Gasteiger charge is 2.49. The first-order valence-electron chi connectivity index (χ1n) is 7.20. The van der Waals surface area contributed by atoms with Gasteiger partial charge in [0.2, 0.25) is 5.95 Å². The Morgan fingerprint density at radius 3 is 2.63 bits per heavy atom. The molecule has 2 unspecified atom stereocenters. The molecule has 1 N–H and O–H groups in total. The Morgan fingerprint density at radius 2 is 2.05 bits per heavy atom. The molecular weight excluding hydrogens is 238 g/mol. The van der Waals surface area contributed by atoms with Gasteiger partial charge in [0.1, 0.15) is 0 Å². The van der Waals surface area contributed by atoms with Crippen LogP contribution in [0.3, 0.4) is 0 Å². The molecule has 4 nitrogen and oxygen atoms in total. The van der Waals surface area contributed by atoms with E-state index in [0.29, 0.717) is 12.1 Å². The van der Waals surface area contributed by atoms with Gasteiger partial charge < -0.3 is 10.1 Å². The molecule has 1 saturated carbocycles. The average Bonchev–Trinajstić information content (AvgIpc) is 2.39. The van der Waals surface area contributed by atoms with Gasteiger partial charge in [-0.25, -0.2) is 9.97 Å². The molecule has 1 aliphatic rings. The Bertz CT molecular complexity index is 402. The minimum Gasteiger partial charge on any atom is -0.378 e. The predicted molar refractivity (Wildman–Crippen MR) is 77.2 cm³/mol. The summed E-state index contributed by atoms with van der Waals surface area (Å²) in [5.41, 5.74) is 1.22. The summed E-state index contributed by atoms with van der Waals surface area (Å²) in [5, 5.41) is 3.41. The van der Waals surface area contributed by atoms with Gasteiger partial charge in [-0.2, -0.15) is 0 Å². The topological polar surface area (TPSA) is 47.0 Å². The fourth-order valence-corrected chi connectivity index (χ4v) is 2.41. The molecule has 0 spiro atoms. The highest BCUT2D eigenvalue weighted by molar-refractivity contribution is 5.29. The van der Waals surface area contributed by atoms with Crippen LogP contribution >= 0.6 is 0 Å². The Hall–Kier alpha value is -1.16. The van der Waals surface area contributed by atoms with Crippen LogP contribution in [0.4, 0.5) is 5.95 Å². The van der Waals surface area contributed by atoms with Crippen LogP contribution in [0.5, 0.6) is 0 Å². The van der Waals surface area contributed by atoms with Crippen LogP contribution in [0.2, 0.25) is 0 Å². The summed E-state index contributed by atoms with van der Waals surface area (Å²) in [6.07, 6.45) is 7.40. The minimum absolute atomic E-state index is 0.141. The molecule has 0 saturated heterocycles. The van der Waals surface area contributed by atoms with Gasteiger partial charge in [0.05, 0.1) is 6.10 Å². The summed E-state index contributed by atoms with van der Waals surface area (Å²) < 4.78 is 5.94. The number of hydrogen-bond acceptors (Lipinski definition) is 4. The van der Waals surface area contributed by atoms with Gasteiger partial charge >= 0.3 is 0 Å². The number of unbranched alkanes of at least 4 members (excludes halogenated alkanes) is 1. The first-order chi connectivity index (χ1) is 9.04. The van der Waals surface area contributed by atoms with Crippen molar-refractivity contribution in [1.82, 2.24) is 9.97 Å². The summed E-state index contributed by atoms with van der Waals surface area (Å²) >= 11 is 0. The quantitative estimate of drug-likeness (QED) is 0.801. The van der Waals surface area contributed by atoms with E-state index in [9.17, 15) is 0 Å². The zero-order valence-electron chi connectivity index (χ0n) is 12.4. The summed E-state index contributed by atoms with van der Waals surface area (Å²) in [4.78, 5) is 8.61. The first-order valence-corrected chi connectivity index (χ1v) is 7.20. The van der Waals surface area contributed by atoms with E-state index in [2.05, 4.69) is 36.1 Å². The molecule has 1 aromatic heterocycles. The zero-order valence-corrected chi connectivity index (χ0v) is 12.4. The fraction of sp³-hybridized carbons (Fsp3) is 0.733. The van der Waals surface area contributed by atoms with Crippen LogP contribution in [-0.4, -0.2) is 28.7 Å². The third kappa shape index (κ3) is 3.24. The molecule has 1 fully saturated rings. The SMILES string of the molecule is CCCCOC1CC(Nc2ncc(C)cn2)C1(C)C. The molecule has 1 aromatic rings. The van der Waals surface area contributed by atoms with E-state index >= 15 is 0 Å². The van der Waals surface area contributed by atoms with Crippen LogP contribution in [0, 0.1) is 12.3 Å². The highest BCUT2D eigenvalue weighted by atomic mass is 16.5. The smallest absolute Gasteiger partial charge is 0.222 e. The molecule has 0 bridgehead atoms. The van der Waals surface area contributed by atoms with Crippen molar-refractivity contribution < 1.29 is 4.74 Å². The van der Waals surface area contributed by atoms with Crippen molar-refractivity contribution in [2.45, 2.75) is 59.1 Å². The molecule has 0 amide bonds. The van der Waals surface area contributed by atoms with E-state index in [1.54, 1.807) is 0 Å². The second-order valence-corrected chi connectivity index (χ2v) is 6.05. The molecule has 2 atom stereocenters. The summed E-state index contributed by atoms with van der Waals surface area (Å²) in [7, 11) is 0. The maximum absolute atomic E-state index is 5.94. The van der Waals surface area contributed by atoms with Gasteiger partial charge in [-0.05, 0) is 25.3 Å². The second kappa shape index (κ2) is 5.87. The van der Waals surface area contributed by atoms with E-state index < -0.39 is 0 Å². The van der Waals surface area contributed by atoms with Crippen LogP contribution in [0.1, 0.15) is 45.6 Å². The number of nitrogens with zero attached hydrogens (tertiary/aromatic N) is 2. The zero-order chi connectivity index (χ0) is 13.9. The molecule has 1 heterocycles. The number of ether oxygens (including phenoxy) is 1. The fourth-order valence-electron chi connectivity index (χ4n) is 2.41. The van der Waals surface area contributed by atoms with Crippen molar-refractivity contribution in [3.05, 3.63) is 18.0 Å². The van der Waals surface area contributed by atoms with E-state index in [1.807, 2.05) is 19.3 Å². The number of aryl methyl sites for hydroxylation is 1. The van der Waals surface area contributed by atoms with Crippen molar-refractivity contribution >= 4 is 5.95 Å². The van der Waals surface area contributed by atoms with Crippen molar-refractivity contribution in [3.8, 4) is 0 Å². The first kappa shape index (κ1) is 14.3. The molecule has 4 heteroatoms. The summed E-state index contributed by atoms with van der Waals surface area (Å²) in [6, 6.07) is 0.391. The van der Waals surface area contributed by atoms with Gasteiger partial charge in [0.15, 0.2) is 0 Å². The van der Waals surface area contributed by atoms with Crippen LogP contribution < -0.4 is 5.32 Å². The largest absolute Gasteiger partial charge is 0.378 e. The maximum atomic E-state index is 5.94. The predicted octanol–water partition coefficient (Wildman–Crippen LogP) is 3.18. The van der Waals surface area contributed by atoms with E-state index in [4.69, 9.17) is 4.74 Å². The van der Waals surface area contributed by atoms with Crippen molar-refractivity contribution in [3.63, 3.8) is 0 Å². The van der Waals surface area contributed by atoms with Gasteiger partial charge in [-0.1, -0.05) is 27.2 Å². The highest BCUT2D eigenvalue weighted by Crippen LogP contribution is 2.44. The number of aromatic nitrogens is 2. The lowest BCUT2D eigenvalue weighted by Crippen LogP contribution is -2.58. The lowest BCUT2D eigenvalue weighted by atomic mass is 9.64. The minimum atomic E-state index is 0.141. The second-order valence-electron chi connectivity index (χ2n) is 6.05. The van der Waals surface area contributed by atoms with Crippen molar-refractivity contribution in [2.75, 3.05) is 11.9 Å². The molecular formula is C15H25N3O. The van der Waals surface area contributed by atoms with E-state index in [1.165, 1.54) is 6.42 Å². The van der Waals surface area contributed by atoms with Gasteiger partial charge in [-0.15, -0.1) is 0 Å². The number of nitrogens with one attached hydrogen (secondary N) is 1. The van der Waals surface area contributed by atoms with Crippen LogP contribution in [0.15, 0.2) is 12.4 Å². The summed E-state index contributed by atoms with van der Waals surface area (Å²) in [6.45, 7) is 9.55. The molecule has 19 heavy (non-hydrogen) atoms. The Balaban J connectivity index is 1.85. The normalized spacial score (nSPS) is 24.8. The van der Waals surface area contributed by atoms with Crippen molar-refractivity contribution in [1.29, 1.82) is 0 Å². The lowest BCUT2D eigenvalue weighted by molar-refractivity contribution is -0.102. The third-order valence-electron chi connectivity index (χ3n) is 4.08. The molecule has 2 rings (SSSR count). The van der Waals surface area contributed by atoms with Gasteiger partial charge in [0, 0.05) is 30.5 Å². The Kier molecular flexibility index (Phi) is 4.40. The van der Waals surface area contributed by atoms with Gasteiger partial charge in [0.25, 0.3) is 0 Å². The standard InChI is InChI=1S/C15H25N3O/c1-5-6-7-19-13-8-12(15(13,3)4)18-14-16-9-11(2)10-17-14/h9-10,12-13H,5-8H2,1-4H3,(H,16,17,18). The number of rotatable bonds is 6. The summed E-state index contributed by atoms with van der Waals surface area (Å²) in [5.74, 6) is 0.718. The molecule has 106 valence electrons. The molecule has 0 radical (unpaired) electrons. The number of hydrogen-bond donors (Lipinski definition) is 1. The molecule has 1 aliphatic carbocycles. The van der Waals surface area contributed by atoms with Gasteiger partial charge in [-0.3, -0.25) is 0 Å². The van der Waals surface area contributed by atoms with Crippen molar-refractivity contribution in [2.24, 2.45) is 5.41 Å². The third-order valence-corrected chi connectivity index (χ3v) is 4.08. The van der Waals surface area contributed by atoms with Crippen LogP contribution in [0.25, 0.3) is 0 Å². The Labute approximate surface area is 116 Å². The molecule has 0 aromatic carbocycles. The lowest BCUT2D eigenvalue weighted by Gasteiger charge is -2.51. The monoisotopic (exact) mass is 263 g/mol. The Morgan fingerprint density at radius 1 is 1.37 bits per heavy atom. The average molecular weight is 263 g/mol. The number of anilines is 1. The molecule has 0 aliphatic heterocycles.